The average molecular weight is 181 g/mol. The minimum absolute atomic E-state index is 0.0978. The predicted molar refractivity (Wildman–Crippen MR) is 52.7 cm³/mol. The molecule has 0 spiro atoms. The Kier molecular flexibility index (Phi) is 1.99. The molecular weight excluding hydrogens is 162 g/mol. The molecular formula is C11H19NO. The standard InChI is InChI=1S/C11H19NO/c1-10-5-3-4-6-11(2,12-10)8-9(13)7-10/h12H,3-8H2,1-2H3. The summed E-state index contributed by atoms with van der Waals surface area (Å²) in [6.07, 6.45) is 6.34. The molecule has 2 saturated heterocycles. The van der Waals surface area contributed by atoms with Crippen LogP contribution in [-0.2, 0) is 4.79 Å². The molecule has 2 aliphatic rings. The number of Topliss-reactive ketones (excluding diaryl/α,β-unsaturated/α-hetero) is 1. The molecule has 2 rings (SSSR count). The molecule has 0 aliphatic carbocycles. The zero-order valence-corrected chi connectivity index (χ0v) is 8.65. The second-order valence-corrected chi connectivity index (χ2v) is 5.35. The molecule has 0 amide bonds. The van der Waals surface area contributed by atoms with Gasteiger partial charge in [-0.3, -0.25) is 4.79 Å². The van der Waals surface area contributed by atoms with Gasteiger partial charge in [-0.25, -0.2) is 0 Å². The number of hydrogen-bond acceptors (Lipinski definition) is 2. The minimum Gasteiger partial charge on any atom is -0.305 e. The Hall–Kier alpha value is -0.370. The highest BCUT2D eigenvalue weighted by Crippen LogP contribution is 2.36. The first-order chi connectivity index (χ1) is 6.02. The van der Waals surface area contributed by atoms with Crippen molar-refractivity contribution < 1.29 is 4.79 Å². The summed E-state index contributed by atoms with van der Waals surface area (Å²) >= 11 is 0. The van der Waals surface area contributed by atoms with E-state index in [-0.39, 0.29) is 11.1 Å². The lowest BCUT2D eigenvalue weighted by molar-refractivity contribution is -0.124. The number of nitrogens with one attached hydrogen (secondary N) is 1. The summed E-state index contributed by atoms with van der Waals surface area (Å²) in [7, 11) is 0. The van der Waals surface area contributed by atoms with Crippen molar-refractivity contribution in [2.75, 3.05) is 0 Å². The lowest BCUT2D eigenvalue weighted by atomic mass is 9.79. The third kappa shape index (κ3) is 1.78. The summed E-state index contributed by atoms with van der Waals surface area (Å²) in [6, 6.07) is 0. The first kappa shape index (κ1) is 9.20. The van der Waals surface area contributed by atoms with E-state index >= 15 is 0 Å². The largest absolute Gasteiger partial charge is 0.305 e. The van der Waals surface area contributed by atoms with Crippen LogP contribution in [0.15, 0.2) is 0 Å². The van der Waals surface area contributed by atoms with Crippen molar-refractivity contribution in [2.24, 2.45) is 0 Å². The average Bonchev–Trinajstić information content (AvgIpc) is 2.04. The second-order valence-electron chi connectivity index (χ2n) is 5.35. The molecule has 1 N–H and O–H groups in total. The van der Waals surface area contributed by atoms with Crippen LogP contribution in [0, 0.1) is 0 Å². The maximum absolute atomic E-state index is 11.6. The maximum atomic E-state index is 11.6. The van der Waals surface area contributed by atoms with E-state index in [9.17, 15) is 4.79 Å². The zero-order valence-electron chi connectivity index (χ0n) is 8.65. The Morgan fingerprint density at radius 3 is 2.00 bits per heavy atom. The van der Waals surface area contributed by atoms with Gasteiger partial charge in [0.1, 0.15) is 5.78 Å². The van der Waals surface area contributed by atoms with Crippen LogP contribution in [0.3, 0.4) is 0 Å². The van der Waals surface area contributed by atoms with Gasteiger partial charge in [-0.15, -0.1) is 0 Å². The molecule has 0 aromatic carbocycles. The third-order valence-electron chi connectivity index (χ3n) is 3.49. The summed E-state index contributed by atoms with van der Waals surface area (Å²) in [4.78, 5) is 11.6. The third-order valence-corrected chi connectivity index (χ3v) is 3.49. The van der Waals surface area contributed by atoms with Gasteiger partial charge in [0.25, 0.3) is 0 Å². The fourth-order valence-corrected chi connectivity index (χ4v) is 3.08. The summed E-state index contributed by atoms with van der Waals surface area (Å²) in [5, 5.41) is 3.68. The van der Waals surface area contributed by atoms with Gasteiger partial charge >= 0.3 is 0 Å². The van der Waals surface area contributed by atoms with E-state index in [0.29, 0.717) is 5.78 Å². The Labute approximate surface area is 80.1 Å². The molecule has 2 aliphatic heterocycles. The first-order valence-corrected chi connectivity index (χ1v) is 5.33. The van der Waals surface area contributed by atoms with Crippen LogP contribution < -0.4 is 5.32 Å². The lowest BCUT2D eigenvalue weighted by Gasteiger charge is -2.43. The van der Waals surface area contributed by atoms with Crippen LogP contribution in [0.25, 0.3) is 0 Å². The van der Waals surface area contributed by atoms with Crippen molar-refractivity contribution in [1.29, 1.82) is 0 Å². The highest BCUT2D eigenvalue weighted by molar-refractivity contribution is 5.82. The minimum atomic E-state index is 0.0978. The fraction of sp³-hybridized carbons (Fsp3) is 0.909. The Bertz CT molecular complexity index is 216. The topological polar surface area (TPSA) is 29.1 Å². The molecule has 2 fully saturated rings. The lowest BCUT2D eigenvalue weighted by Crippen LogP contribution is -2.59. The van der Waals surface area contributed by atoms with Crippen molar-refractivity contribution in [3.8, 4) is 0 Å². The molecule has 2 bridgehead atoms. The predicted octanol–water partition coefficient (Wildman–Crippen LogP) is 2.03. The van der Waals surface area contributed by atoms with Crippen molar-refractivity contribution >= 4 is 5.78 Å². The van der Waals surface area contributed by atoms with Gasteiger partial charge in [0.15, 0.2) is 0 Å². The molecule has 2 nitrogen and oxygen atoms in total. The molecule has 2 heteroatoms. The molecule has 2 unspecified atom stereocenters. The van der Waals surface area contributed by atoms with Crippen LogP contribution in [0.5, 0.6) is 0 Å². The maximum Gasteiger partial charge on any atom is 0.136 e. The van der Waals surface area contributed by atoms with Crippen LogP contribution >= 0.6 is 0 Å². The van der Waals surface area contributed by atoms with Gasteiger partial charge in [-0.1, -0.05) is 12.8 Å². The molecule has 0 aromatic rings. The van der Waals surface area contributed by atoms with Gasteiger partial charge in [0, 0.05) is 23.9 Å². The van der Waals surface area contributed by atoms with E-state index < -0.39 is 0 Å². The number of fused-ring (bicyclic) bond motifs is 2. The molecule has 13 heavy (non-hydrogen) atoms. The Morgan fingerprint density at radius 1 is 1.08 bits per heavy atom. The van der Waals surface area contributed by atoms with E-state index in [2.05, 4.69) is 19.2 Å². The number of piperidine rings is 1. The summed E-state index contributed by atoms with van der Waals surface area (Å²) in [6.45, 7) is 4.40. The highest BCUT2D eigenvalue weighted by atomic mass is 16.1. The number of ketones is 1. The van der Waals surface area contributed by atoms with Crippen molar-refractivity contribution in [1.82, 2.24) is 5.32 Å². The second kappa shape index (κ2) is 2.81. The normalized spacial score (nSPS) is 45.8. The van der Waals surface area contributed by atoms with Gasteiger partial charge in [-0.2, -0.15) is 0 Å². The molecule has 2 atom stereocenters. The number of rotatable bonds is 0. The molecule has 0 saturated carbocycles. The monoisotopic (exact) mass is 181 g/mol. The molecule has 0 radical (unpaired) electrons. The number of hydrogen-bond donors (Lipinski definition) is 1. The zero-order chi connectivity index (χ0) is 9.53. The van der Waals surface area contributed by atoms with Crippen molar-refractivity contribution in [3.05, 3.63) is 0 Å². The number of carbonyl (C=O) groups excluding carboxylic acids is 1. The first-order valence-electron chi connectivity index (χ1n) is 5.33. The SMILES string of the molecule is CC12CCCCC(C)(CC(=O)C1)N2. The van der Waals surface area contributed by atoms with E-state index in [0.717, 1.165) is 25.7 Å². The van der Waals surface area contributed by atoms with Crippen LogP contribution in [-0.4, -0.2) is 16.9 Å². The highest BCUT2D eigenvalue weighted by Gasteiger charge is 2.43. The van der Waals surface area contributed by atoms with Gasteiger partial charge in [0.05, 0.1) is 0 Å². The molecule has 0 aromatic heterocycles. The quantitative estimate of drug-likeness (QED) is 0.619. The van der Waals surface area contributed by atoms with Crippen molar-refractivity contribution in [2.45, 2.75) is 63.5 Å². The molecule has 2 heterocycles. The number of carbonyl (C=O) groups is 1. The van der Waals surface area contributed by atoms with Crippen LogP contribution in [0.2, 0.25) is 0 Å². The van der Waals surface area contributed by atoms with E-state index in [1.165, 1.54) is 12.8 Å². The van der Waals surface area contributed by atoms with E-state index in [1.807, 2.05) is 0 Å². The van der Waals surface area contributed by atoms with E-state index in [1.54, 1.807) is 0 Å². The van der Waals surface area contributed by atoms with Gasteiger partial charge < -0.3 is 5.32 Å². The van der Waals surface area contributed by atoms with Crippen molar-refractivity contribution in [3.63, 3.8) is 0 Å². The summed E-state index contributed by atoms with van der Waals surface area (Å²) in [5.41, 5.74) is 0.196. The Balaban J connectivity index is 2.26. The smallest absolute Gasteiger partial charge is 0.136 e. The Morgan fingerprint density at radius 2 is 1.54 bits per heavy atom. The van der Waals surface area contributed by atoms with Gasteiger partial charge in [-0.05, 0) is 26.7 Å². The summed E-state index contributed by atoms with van der Waals surface area (Å²) < 4.78 is 0. The van der Waals surface area contributed by atoms with Crippen LogP contribution in [0.4, 0.5) is 0 Å². The van der Waals surface area contributed by atoms with E-state index in [4.69, 9.17) is 0 Å². The molecule has 74 valence electrons. The van der Waals surface area contributed by atoms with Gasteiger partial charge in [0.2, 0.25) is 0 Å². The fourth-order valence-electron chi connectivity index (χ4n) is 3.08. The van der Waals surface area contributed by atoms with Crippen LogP contribution in [0.1, 0.15) is 52.4 Å². The summed E-state index contributed by atoms with van der Waals surface area (Å²) in [5.74, 6) is 0.450.